The highest BCUT2D eigenvalue weighted by molar-refractivity contribution is 5.45. The van der Waals surface area contributed by atoms with E-state index in [0.29, 0.717) is 0 Å². The lowest BCUT2D eigenvalue weighted by Gasteiger charge is -2.12. The fraction of sp³-hybridized carbons (Fsp3) is 0.375. The first-order valence-corrected chi connectivity index (χ1v) is 12.6. The molecule has 0 amide bonds. The smallest absolute Gasteiger partial charge is 0.169 e. The zero-order valence-electron chi connectivity index (χ0n) is 23.2. The van der Waals surface area contributed by atoms with Gasteiger partial charge in [0, 0.05) is 0 Å². The van der Waals surface area contributed by atoms with E-state index in [-0.39, 0.29) is 0 Å². The average Bonchev–Trinajstić information content (AvgIpc) is 2.82. The minimum atomic E-state index is 0.719. The molecule has 0 heterocycles. The largest absolute Gasteiger partial charge is 0.461 e. The molecule has 0 saturated carbocycles. The third-order valence-electron chi connectivity index (χ3n) is 4.88. The molecule has 0 bridgehead atoms. The van der Waals surface area contributed by atoms with E-state index in [0.717, 1.165) is 71.0 Å². The third kappa shape index (κ3) is 10.9. The summed E-state index contributed by atoms with van der Waals surface area (Å²) in [5, 5.41) is 0. The quantitative estimate of drug-likeness (QED) is 0.207. The minimum Gasteiger partial charge on any atom is -0.461 e. The molecule has 4 nitrogen and oxygen atoms in total. The summed E-state index contributed by atoms with van der Waals surface area (Å²) in [5.74, 6) is 2.91. The van der Waals surface area contributed by atoms with Crippen LogP contribution in [0.5, 0.6) is 23.0 Å². The molecule has 0 unspecified atom stereocenters. The lowest BCUT2D eigenvalue weighted by atomic mass is 10.0. The summed E-state index contributed by atoms with van der Waals surface area (Å²) in [6.07, 6.45) is 11.1. The Bertz CT molecular complexity index is 1010. The molecule has 0 fully saturated rings. The number of allylic oxidation sites excluding steroid dienone is 4. The first-order chi connectivity index (χ1) is 17.1. The maximum Gasteiger partial charge on any atom is 0.169 e. The van der Waals surface area contributed by atoms with Crippen LogP contribution in [0.2, 0.25) is 0 Å². The van der Waals surface area contributed by atoms with Crippen molar-refractivity contribution >= 4 is 0 Å². The van der Waals surface area contributed by atoms with Crippen LogP contribution in [0.15, 0.2) is 83.7 Å². The summed E-state index contributed by atoms with van der Waals surface area (Å²) >= 11 is 0. The zero-order chi connectivity index (χ0) is 26.5. The lowest BCUT2D eigenvalue weighted by Crippen LogP contribution is -1.95. The molecule has 0 aromatic heterocycles. The van der Waals surface area contributed by atoms with Crippen LogP contribution in [0.3, 0.4) is 0 Å². The maximum absolute atomic E-state index is 5.90. The summed E-state index contributed by atoms with van der Waals surface area (Å²) in [7, 11) is 0. The molecule has 2 aromatic rings. The van der Waals surface area contributed by atoms with E-state index in [4.69, 9.17) is 18.9 Å². The lowest BCUT2D eigenvalue weighted by molar-refractivity contribution is 0.411. The Morgan fingerprint density at radius 3 is 1.08 bits per heavy atom. The van der Waals surface area contributed by atoms with E-state index in [9.17, 15) is 0 Å². The first kappa shape index (κ1) is 28.8. The van der Waals surface area contributed by atoms with Crippen LogP contribution in [0.25, 0.3) is 0 Å². The number of rotatable bonds is 13. The van der Waals surface area contributed by atoms with Gasteiger partial charge >= 0.3 is 0 Å². The van der Waals surface area contributed by atoms with Gasteiger partial charge in [0.25, 0.3) is 0 Å². The van der Waals surface area contributed by atoms with Gasteiger partial charge in [-0.3, -0.25) is 0 Å². The van der Waals surface area contributed by atoms with Crippen LogP contribution in [-0.4, -0.2) is 0 Å². The van der Waals surface area contributed by atoms with E-state index < -0.39 is 0 Å². The van der Waals surface area contributed by atoms with Crippen LogP contribution >= 0.6 is 0 Å². The average molecular weight is 491 g/mol. The van der Waals surface area contributed by atoms with Crippen LogP contribution in [0.4, 0.5) is 0 Å². The van der Waals surface area contributed by atoms with Crippen molar-refractivity contribution in [3.63, 3.8) is 0 Å². The van der Waals surface area contributed by atoms with E-state index in [1.165, 1.54) is 11.1 Å². The summed E-state index contributed by atoms with van der Waals surface area (Å²) in [6.45, 7) is 16.1. The molecule has 36 heavy (non-hydrogen) atoms. The van der Waals surface area contributed by atoms with Crippen molar-refractivity contribution in [3.05, 3.63) is 94.9 Å². The predicted octanol–water partition coefficient (Wildman–Crippen LogP) is 9.46. The Labute approximate surface area is 217 Å². The van der Waals surface area contributed by atoms with E-state index >= 15 is 0 Å². The maximum atomic E-state index is 5.90. The van der Waals surface area contributed by atoms with Gasteiger partial charge in [0.05, 0.1) is 25.0 Å². The van der Waals surface area contributed by atoms with Gasteiger partial charge in [-0.2, -0.15) is 0 Å². The van der Waals surface area contributed by atoms with Crippen LogP contribution < -0.4 is 18.9 Å². The predicted molar refractivity (Wildman–Crippen MR) is 150 cm³/mol. The molecule has 0 radical (unpaired) electrons. The number of benzene rings is 2. The van der Waals surface area contributed by atoms with Crippen LogP contribution in [-0.2, 0) is 12.8 Å². The van der Waals surface area contributed by atoms with Gasteiger partial charge in [-0.15, -0.1) is 0 Å². The van der Waals surface area contributed by atoms with Gasteiger partial charge in [0.1, 0.15) is 0 Å². The second-order valence-electron chi connectivity index (χ2n) is 10.0. The Hall–Kier alpha value is -3.40. The molecule has 194 valence electrons. The number of hydrogen-bond donors (Lipinski definition) is 0. The molecule has 0 aliphatic carbocycles. The summed E-state index contributed by atoms with van der Waals surface area (Å²) in [4.78, 5) is 0. The Morgan fingerprint density at radius 1 is 0.472 bits per heavy atom. The fourth-order valence-corrected chi connectivity index (χ4v) is 3.18. The minimum absolute atomic E-state index is 0.719. The van der Waals surface area contributed by atoms with Crippen molar-refractivity contribution in [3.8, 4) is 23.0 Å². The van der Waals surface area contributed by atoms with Crippen molar-refractivity contribution < 1.29 is 18.9 Å². The van der Waals surface area contributed by atoms with Crippen molar-refractivity contribution in [2.75, 3.05) is 0 Å². The van der Waals surface area contributed by atoms with Gasteiger partial charge in [-0.05, 0) is 139 Å². The normalized spacial score (nSPS) is 10.1. The Balaban J connectivity index is 2.04. The van der Waals surface area contributed by atoms with Crippen LogP contribution in [0, 0.1) is 0 Å². The van der Waals surface area contributed by atoms with Crippen molar-refractivity contribution in [1.29, 1.82) is 0 Å². The monoisotopic (exact) mass is 490 g/mol. The fourth-order valence-electron chi connectivity index (χ4n) is 3.18. The van der Waals surface area contributed by atoms with Gasteiger partial charge < -0.3 is 18.9 Å². The number of ether oxygens (including phenoxy) is 4. The molecule has 2 aromatic carbocycles. The van der Waals surface area contributed by atoms with Gasteiger partial charge in [-0.1, -0.05) is 12.1 Å². The summed E-state index contributed by atoms with van der Waals surface area (Å²) < 4.78 is 23.4. The third-order valence-corrected chi connectivity index (χ3v) is 4.88. The summed E-state index contributed by atoms with van der Waals surface area (Å²) in [6, 6.07) is 12.4. The van der Waals surface area contributed by atoms with Crippen molar-refractivity contribution in [2.24, 2.45) is 0 Å². The van der Waals surface area contributed by atoms with Gasteiger partial charge in [0.15, 0.2) is 23.0 Å². The second-order valence-corrected chi connectivity index (χ2v) is 10.0. The Morgan fingerprint density at radius 2 is 0.778 bits per heavy atom. The first-order valence-electron chi connectivity index (χ1n) is 12.6. The van der Waals surface area contributed by atoms with E-state index in [1.807, 2.05) is 67.5 Å². The van der Waals surface area contributed by atoms with Crippen LogP contribution in [0.1, 0.15) is 79.4 Å². The zero-order valence-corrected chi connectivity index (χ0v) is 23.2. The molecule has 0 N–H and O–H groups in total. The SMILES string of the molecule is CC(C)=COc1ccc(CCCCc2ccc(OC=C(C)C)c(OC=C(C)C)c2)cc1OC=C(C)C. The molecule has 0 atom stereocenters. The van der Waals surface area contributed by atoms with E-state index in [2.05, 4.69) is 24.3 Å². The number of hydrogen-bond acceptors (Lipinski definition) is 4. The summed E-state index contributed by atoms with van der Waals surface area (Å²) in [5.41, 5.74) is 6.85. The van der Waals surface area contributed by atoms with Gasteiger partial charge in [0.2, 0.25) is 0 Å². The van der Waals surface area contributed by atoms with Crippen molar-refractivity contribution in [1.82, 2.24) is 0 Å². The Kier molecular flexibility index (Phi) is 11.9. The molecule has 0 aliphatic rings. The molecule has 4 heteroatoms. The highest BCUT2D eigenvalue weighted by atomic mass is 16.5. The molecular weight excluding hydrogens is 448 g/mol. The van der Waals surface area contributed by atoms with E-state index in [1.54, 1.807) is 25.0 Å². The number of aryl methyl sites for hydroxylation is 2. The second kappa shape index (κ2) is 14.9. The molecular formula is C32H42O4. The highest BCUT2D eigenvalue weighted by Crippen LogP contribution is 2.32. The highest BCUT2D eigenvalue weighted by Gasteiger charge is 2.08. The van der Waals surface area contributed by atoms with Gasteiger partial charge in [-0.25, -0.2) is 0 Å². The molecule has 0 aliphatic heterocycles. The molecule has 0 spiro atoms. The molecule has 0 saturated heterocycles. The topological polar surface area (TPSA) is 36.9 Å². The molecule has 2 rings (SSSR count). The standard InChI is InChI=1S/C32H42O4/c1-23(2)19-33-29-15-13-27(17-31(29)35-21-25(5)6)11-9-10-12-28-14-16-30(34-20-24(3)4)32(18-28)36-22-26(7)8/h13-22H,9-12H2,1-8H3. The number of unbranched alkanes of at least 4 members (excludes halogenated alkanes) is 1. The van der Waals surface area contributed by atoms with Crippen molar-refractivity contribution in [2.45, 2.75) is 81.1 Å².